The molecule has 1 N–H and O–H groups in total. The summed E-state index contributed by atoms with van der Waals surface area (Å²) in [5.74, 6) is 0.766. The molecule has 6 heteroatoms. The Morgan fingerprint density at radius 1 is 1.42 bits per heavy atom. The van der Waals surface area contributed by atoms with Gasteiger partial charge in [-0.1, -0.05) is 23.5 Å². The Bertz CT molecular complexity index is 733. The monoisotopic (exact) mass is 275 g/mol. The van der Waals surface area contributed by atoms with Crippen LogP contribution in [-0.2, 0) is 6.61 Å². The minimum Gasteiger partial charge on any atom is -0.497 e. The minimum atomic E-state index is -0.100. The van der Waals surface area contributed by atoms with E-state index in [1.807, 2.05) is 31.2 Å². The van der Waals surface area contributed by atoms with Gasteiger partial charge in [0, 0.05) is 5.56 Å². The molecule has 19 heavy (non-hydrogen) atoms. The van der Waals surface area contributed by atoms with Crippen molar-refractivity contribution in [2.75, 3.05) is 7.11 Å². The van der Waals surface area contributed by atoms with Gasteiger partial charge in [0.25, 0.3) is 0 Å². The van der Waals surface area contributed by atoms with Crippen LogP contribution in [0.2, 0.25) is 0 Å². The van der Waals surface area contributed by atoms with Gasteiger partial charge in [-0.3, -0.25) is 0 Å². The van der Waals surface area contributed by atoms with Crippen LogP contribution in [0.4, 0.5) is 0 Å². The molecule has 0 amide bonds. The fourth-order valence-electron chi connectivity index (χ4n) is 2.03. The first-order valence-electron chi connectivity index (χ1n) is 5.83. The van der Waals surface area contributed by atoms with E-state index in [0.29, 0.717) is 5.69 Å². The number of nitrogens with zero attached hydrogens (tertiary/aromatic N) is 3. The molecule has 0 spiro atoms. The summed E-state index contributed by atoms with van der Waals surface area (Å²) in [6, 6.07) is 7.63. The van der Waals surface area contributed by atoms with Crippen LogP contribution >= 0.6 is 11.3 Å². The molecule has 2 aromatic heterocycles. The number of fused-ring (bicyclic) bond motifs is 1. The average Bonchev–Trinajstić information content (AvgIpc) is 2.94. The van der Waals surface area contributed by atoms with Gasteiger partial charge in [-0.25, -0.2) is 9.50 Å². The molecule has 3 rings (SSSR count). The molecular weight excluding hydrogens is 262 g/mol. The summed E-state index contributed by atoms with van der Waals surface area (Å²) in [4.78, 5) is 5.34. The van der Waals surface area contributed by atoms with Crippen molar-refractivity contribution in [3.8, 4) is 17.0 Å². The standard InChI is InChI=1S/C13H13N3O2S/c1-8-15-16-11(7-17)12(14-13(16)19-8)9-4-3-5-10(6-9)18-2/h3-6,17H,7H2,1-2H3. The predicted octanol–water partition coefficient (Wildman–Crippen LogP) is 2.27. The lowest BCUT2D eigenvalue weighted by molar-refractivity contribution is 0.275. The van der Waals surface area contributed by atoms with Crippen molar-refractivity contribution in [1.29, 1.82) is 0 Å². The zero-order valence-corrected chi connectivity index (χ0v) is 11.4. The van der Waals surface area contributed by atoms with E-state index in [0.717, 1.165) is 27.0 Å². The van der Waals surface area contributed by atoms with Crippen LogP contribution < -0.4 is 4.74 Å². The third kappa shape index (κ3) is 1.98. The number of aliphatic hydroxyl groups is 1. The number of aliphatic hydroxyl groups excluding tert-OH is 1. The van der Waals surface area contributed by atoms with E-state index >= 15 is 0 Å². The Morgan fingerprint density at radius 3 is 3.00 bits per heavy atom. The SMILES string of the molecule is COc1cccc(-c2nc3sc(C)nn3c2CO)c1. The van der Waals surface area contributed by atoms with E-state index in [1.54, 1.807) is 11.6 Å². The second-order valence-corrected chi connectivity index (χ2v) is 5.27. The Labute approximate surface area is 114 Å². The second-order valence-electron chi connectivity index (χ2n) is 4.11. The molecule has 0 unspecified atom stereocenters. The number of hydrogen-bond donors (Lipinski definition) is 1. The van der Waals surface area contributed by atoms with Crippen LogP contribution in [0.1, 0.15) is 10.7 Å². The summed E-state index contributed by atoms with van der Waals surface area (Å²) in [5.41, 5.74) is 2.37. The van der Waals surface area contributed by atoms with Crippen molar-refractivity contribution in [3.63, 3.8) is 0 Å². The molecule has 0 saturated heterocycles. The maximum absolute atomic E-state index is 9.57. The summed E-state index contributed by atoms with van der Waals surface area (Å²) in [6.07, 6.45) is 0. The Kier molecular flexibility index (Phi) is 2.96. The van der Waals surface area contributed by atoms with Gasteiger partial charge in [0.05, 0.1) is 25.1 Å². The number of methoxy groups -OCH3 is 1. The minimum absolute atomic E-state index is 0.100. The fourth-order valence-corrected chi connectivity index (χ4v) is 2.79. The fraction of sp³-hybridized carbons (Fsp3) is 0.231. The van der Waals surface area contributed by atoms with Gasteiger partial charge >= 0.3 is 0 Å². The molecule has 3 aromatic rings. The van der Waals surface area contributed by atoms with Crippen LogP contribution in [0.3, 0.4) is 0 Å². The van der Waals surface area contributed by atoms with Gasteiger partial charge in [-0.05, 0) is 19.1 Å². The smallest absolute Gasteiger partial charge is 0.213 e. The van der Waals surface area contributed by atoms with Crippen molar-refractivity contribution < 1.29 is 9.84 Å². The van der Waals surface area contributed by atoms with E-state index in [4.69, 9.17) is 4.74 Å². The zero-order valence-electron chi connectivity index (χ0n) is 10.6. The Hall–Kier alpha value is -1.92. The molecule has 0 radical (unpaired) electrons. The number of rotatable bonds is 3. The summed E-state index contributed by atoms with van der Waals surface area (Å²) in [5, 5.41) is 14.9. The molecule has 0 saturated carbocycles. The number of aryl methyl sites for hydroxylation is 1. The van der Waals surface area contributed by atoms with Crippen LogP contribution in [-0.4, -0.2) is 26.8 Å². The normalized spacial score (nSPS) is 11.1. The quantitative estimate of drug-likeness (QED) is 0.796. The van der Waals surface area contributed by atoms with Crippen molar-refractivity contribution in [2.45, 2.75) is 13.5 Å². The molecule has 1 aromatic carbocycles. The van der Waals surface area contributed by atoms with Crippen LogP contribution in [0.15, 0.2) is 24.3 Å². The Morgan fingerprint density at radius 2 is 2.26 bits per heavy atom. The number of imidazole rings is 1. The van der Waals surface area contributed by atoms with Gasteiger partial charge in [-0.15, -0.1) is 0 Å². The van der Waals surface area contributed by atoms with Crippen LogP contribution in [0.5, 0.6) is 5.75 Å². The van der Waals surface area contributed by atoms with Gasteiger partial charge in [0.2, 0.25) is 4.96 Å². The lowest BCUT2D eigenvalue weighted by atomic mass is 10.1. The summed E-state index contributed by atoms with van der Waals surface area (Å²) in [7, 11) is 1.63. The van der Waals surface area contributed by atoms with Gasteiger partial charge in [0.15, 0.2) is 0 Å². The molecule has 0 bridgehead atoms. The predicted molar refractivity (Wildman–Crippen MR) is 73.5 cm³/mol. The lowest BCUT2D eigenvalue weighted by Crippen LogP contribution is -1.95. The van der Waals surface area contributed by atoms with Crippen molar-refractivity contribution in [2.24, 2.45) is 0 Å². The highest BCUT2D eigenvalue weighted by molar-refractivity contribution is 7.16. The number of benzene rings is 1. The van der Waals surface area contributed by atoms with E-state index in [-0.39, 0.29) is 6.61 Å². The molecule has 0 aliphatic rings. The van der Waals surface area contributed by atoms with E-state index < -0.39 is 0 Å². The maximum Gasteiger partial charge on any atom is 0.213 e. The maximum atomic E-state index is 9.57. The number of hydrogen-bond acceptors (Lipinski definition) is 5. The van der Waals surface area contributed by atoms with Crippen molar-refractivity contribution >= 4 is 16.3 Å². The van der Waals surface area contributed by atoms with Crippen LogP contribution in [0.25, 0.3) is 16.2 Å². The topological polar surface area (TPSA) is 59.7 Å². The molecule has 0 aliphatic carbocycles. The first-order chi connectivity index (χ1) is 9.22. The van der Waals surface area contributed by atoms with Gasteiger partial charge in [-0.2, -0.15) is 5.10 Å². The highest BCUT2D eigenvalue weighted by Gasteiger charge is 2.16. The largest absolute Gasteiger partial charge is 0.497 e. The highest BCUT2D eigenvalue weighted by Crippen LogP contribution is 2.29. The van der Waals surface area contributed by atoms with E-state index in [1.165, 1.54) is 11.3 Å². The molecule has 5 nitrogen and oxygen atoms in total. The molecule has 98 valence electrons. The first kappa shape index (κ1) is 12.1. The van der Waals surface area contributed by atoms with E-state index in [9.17, 15) is 5.11 Å². The highest BCUT2D eigenvalue weighted by atomic mass is 32.1. The number of ether oxygens (including phenoxy) is 1. The summed E-state index contributed by atoms with van der Waals surface area (Å²) >= 11 is 1.51. The zero-order chi connectivity index (χ0) is 13.4. The van der Waals surface area contributed by atoms with Crippen molar-refractivity contribution in [1.82, 2.24) is 14.6 Å². The van der Waals surface area contributed by atoms with Gasteiger partial charge < -0.3 is 9.84 Å². The lowest BCUT2D eigenvalue weighted by Gasteiger charge is -2.03. The molecule has 2 heterocycles. The molecule has 0 atom stereocenters. The second kappa shape index (κ2) is 4.64. The third-order valence-electron chi connectivity index (χ3n) is 2.89. The van der Waals surface area contributed by atoms with E-state index in [2.05, 4.69) is 10.1 Å². The molecular formula is C13H13N3O2S. The van der Waals surface area contributed by atoms with Gasteiger partial charge in [0.1, 0.15) is 10.8 Å². The summed E-state index contributed by atoms with van der Waals surface area (Å²) < 4.78 is 6.92. The van der Waals surface area contributed by atoms with Crippen LogP contribution in [0, 0.1) is 6.92 Å². The molecule has 0 aliphatic heterocycles. The third-order valence-corrected chi connectivity index (χ3v) is 3.71. The summed E-state index contributed by atoms with van der Waals surface area (Å²) in [6.45, 7) is 1.82. The Balaban J connectivity index is 2.20. The average molecular weight is 275 g/mol. The first-order valence-corrected chi connectivity index (χ1v) is 6.65. The van der Waals surface area contributed by atoms with Crippen molar-refractivity contribution in [3.05, 3.63) is 35.0 Å². The number of aromatic nitrogens is 3. The molecule has 0 fully saturated rings.